The highest BCUT2D eigenvalue weighted by atomic mass is 16.3. The number of aliphatic hydroxyl groups is 1. The average Bonchev–Trinajstić information content (AvgIpc) is 2.52. The largest absolute Gasteiger partial charge is 0.505 e. The van der Waals surface area contributed by atoms with Crippen LogP contribution in [0.1, 0.15) is 29.8 Å². The van der Waals surface area contributed by atoms with Gasteiger partial charge in [-0.2, -0.15) is 0 Å². The number of hydrogen-bond donors (Lipinski definition) is 2. The molecular formula is C16H20N2O3. The first-order chi connectivity index (χ1) is 10.1. The summed E-state index contributed by atoms with van der Waals surface area (Å²) < 4.78 is 0. The Morgan fingerprint density at radius 2 is 1.67 bits per heavy atom. The number of benzene rings is 1. The SMILES string of the molecule is CCN(CC)CCNC1=C(O)c2ccccc2C(=O)C1=O. The van der Waals surface area contributed by atoms with Crippen LogP contribution in [0.15, 0.2) is 30.0 Å². The highest BCUT2D eigenvalue weighted by molar-refractivity contribution is 6.52. The van der Waals surface area contributed by atoms with Gasteiger partial charge in [-0.3, -0.25) is 9.59 Å². The maximum Gasteiger partial charge on any atom is 0.253 e. The molecule has 0 bridgehead atoms. The zero-order chi connectivity index (χ0) is 15.4. The van der Waals surface area contributed by atoms with E-state index in [-0.39, 0.29) is 17.0 Å². The van der Waals surface area contributed by atoms with E-state index in [0.29, 0.717) is 12.1 Å². The van der Waals surface area contributed by atoms with E-state index in [1.54, 1.807) is 24.3 Å². The second-order valence-electron chi connectivity index (χ2n) is 4.88. The maximum atomic E-state index is 12.1. The maximum absolute atomic E-state index is 12.1. The molecule has 0 saturated heterocycles. The fourth-order valence-electron chi connectivity index (χ4n) is 2.41. The molecule has 0 aromatic heterocycles. The standard InChI is InChI=1S/C16H20N2O3/c1-3-18(4-2)10-9-17-13-14(19)11-7-5-6-8-12(11)15(20)16(13)21/h5-8,17,19H,3-4,9-10H2,1-2H3. The number of likely N-dealkylation sites (N-methyl/N-ethyl adjacent to an activating group) is 1. The topological polar surface area (TPSA) is 69.6 Å². The van der Waals surface area contributed by atoms with E-state index in [1.807, 2.05) is 0 Å². The van der Waals surface area contributed by atoms with E-state index in [1.165, 1.54) is 0 Å². The molecule has 2 N–H and O–H groups in total. The Bertz CT molecular complexity index is 589. The van der Waals surface area contributed by atoms with Gasteiger partial charge in [0.1, 0.15) is 5.70 Å². The van der Waals surface area contributed by atoms with Crippen molar-refractivity contribution >= 4 is 17.3 Å². The van der Waals surface area contributed by atoms with Crippen LogP contribution in [0.3, 0.4) is 0 Å². The number of Topliss-reactive ketones (excluding diaryl/α,β-unsaturated/α-hetero) is 2. The van der Waals surface area contributed by atoms with Gasteiger partial charge >= 0.3 is 0 Å². The molecule has 1 aliphatic rings. The first kappa shape index (κ1) is 15.3. The molecule has 5 heteroatoms. The van der Waals surface area contributed by atoms with Crippen molar-refractivity contribution in [2.75, 3.05) is 26.2 Å². The van der Waals surface area contributed by atoms with Crippen molar-refractivity contribution in [2.45, 2.75) is 13.8 Å². The quantitative estimate of drug-likeness (QED) is 0.778. The van der Waals surface area contributed by atoms with Crippen LogP contribution in [0.25, 0.3) is 5.76 Å². The van der Waals surface area contributed by atoms with Crippen molar-refractivity contribution < 1.29 is 14.7 Å². The van der Waals surface area contributed by atoms with Gasteiger partial charge in [-0.15, -0.1) is 0 Å². The van der Waals surface area contributed by atoms with Crippen LogP contribution in [-0.2, 0) is 4.79 Å². The molecule has 0 fully saturated rings. The molecule has 0 saturated carbocycles. The first-order valence-corrected chi connectivity index (χ1v) is 7.18. The summed E-state index contributed by atoms with van der Waals surface area (Å²) in [6.07, 6.45) is 0. The molecule has 0 aliphatic heterocycles. The fraction of sp³-hybridized carbons (Fsp3) is 0.375. The summed E-state index contributed by atoms with van der Waals surface area (Å²) in [7, 11) is 0. The highest BCUT2D eigenvalue weighted by Gasteiger charge is 2.32. The van der Waals surface area contributed by atoms with E-state index in [2.05, 4.69) is 24.1 Å². The predicted octanol–water partition coefficient (Wildman–Crippen LogP) is 1.61. The summed E-state index contributed by atoms with van der Waals surface area (Å²) >= 11 is 0. The molecule has 2 rings (SSSR count). The molecule has 1 aliphatic carbocycles. The fourth-order valence-corrected chi connectivity index (χ4v) is 2.41. The summed E-state index contributed by atoms with van der Waals surface area (Å²) in [4.78, 5) is 26.3. The number of carbonyl (C=O) groups is 2. The molecule has 112 valence electrons. The van der Waals surface area contributed by atoms with Crippen LogP contribution in [0.4, 0.5) is 0 Å². The number of aliphatic hydroxyl groups excluding tert-OH is 1. The predicted molar refractivity (Wildman–Crippen MR) is 81.1 cm³/mol. The Kier molecular flexibility index (Phi) is 4.75. The molecule has 0 atom stereocenters. The number of fused-ring (bicyclic) bond motifs is 1. The average molecular weight is 288 g/mol. The summed E-state index contributed by atoms with van der Waals surface area (Å²) in [5.41, 5.74) is 0.674. The lowest BCUT2D eigenvalue weighted by Crippen LogP contribution is -2.37. The number of nitrogens with one attached hydrogen (secondary N) is 1. The van der Waals surface area contributed by atoms with Crippen LogP contribution in [0, 0.1) is 0 Å². The van der Waals surface area contributed by atoms with Crippen molar-refractivity contribution in [1.82, 2.24) is 10.2 Å². The van der Waals surface area contributed by atoms with Gasteiger partial charge in [0.25, 0.3) is 5.78 Å². The monoisotopic (exact) mass is 288 g/mol. The van der Waals surface area contributed by atoms with Gasteiger partial charge in [-0.25, -0.2) is 0 Å². The lowest BCUT2D eigenvalue weighted by molar-refractivity contribution is -0.112. The lowest BCUT2D eigenvalue weighted by Gasteiger charge is -2.21. The molecule has 21 heavy (non-hydrogen) atoms. The number of allylic oxidation sites excluding steroid dienone is 1. The Morgan fingerprint density at radius 3 is 2.29 bits per heavy atom. The third-order valence-corrected chi connectivity index (χ3v) is 3.72. The number of ketones is 2. The zero-order valence-corrected chi connectivity index (χ0v) is 12.3. The van der Waals surface area contributed by atoms with Gasteiger partial charge in [0.05, 0.1) is 0 Å². The van der Waals surface area contributed by atoms with Crippen LogP contribution >= 0.6 is 0 Å². The van der Waals surface area contributed by atoms with Gasteiger partial charge in [-0.05, 0) is 13.1 Å². The summed E-state index contributed by atoms with van der Waals surface area (Å²) in [6.45, 7) is 7.20. The minimum absolute atomic E-state index is 0.00542. The van der Waals surface area contributed by atoms with Crippen molar-refractivity contribution in [3.05, 3.63) is 41.1 Å². The van der Waals surface area contributed by atoms with Gasteiger partial charge < -0.3 is 15.3 Å². The second kappa shape index (κ2) is 6.54. The first-order valence-electron chi connectivity index (χ1n) is 7.18. The van der Waals surface area contributed by atoms with Crippen LogP contribution in [0.5, 0.6) is 0 Å². The summed E-state index contributed by atoms with van der Waals surface area (Å²) in [5.74, 6) is -1.39. The van der Waals surface area contributed by atoms with E-state index < -0.39 is 11.6 Å². The summed E-state index contributed by atoms with van der Waals surface area (Å²) in [6, 6.07) is 6.60. The second-order valence-corrected chi connectivity index (χ2v) is 4.88. The van der Waals surface area contributed by atoms with Gasteiger partial charge in [-0.1, -0.05) is 38.1 Å². The molecule has 0 radical (unpaired) electrons. The lowest BCUT2D eigenvalue weighted by atomic mass is 9.91. The molecule has 0 unspecified atom stereocenters. The molecular weight excluding hydrogens is 268 g/mol. The third kappa shape index (κ3) is 2.97. The van der Waals surface area contributed by atoms with E-state index >= 15 is 0 Å². The van der Waals surface area contributed by atoms with E-state index in [0.717, 1.165) is 19.6 Å². The number of hydrogen-bond acceptors (Lipinski definition) is 5. The Morgan fingerprint density at radius 1 is 1.05 bits per heavy atom. The molecule has 1 aromatic rings. The number of carbonyl (C=O) groups excluding carboxylic acids is 2. The van der Waals surface area contributed by atoms with E-state index in [4.69, 9.17) is 0 Å². The minimum atomic E-state index is -0.675. The highest BCUT2D eigenvalue weighted by Crippen LogP contribution is 2.26. The van der Waals surface area contributed by atoms with E-state index in [9.17, 15) is 14.7 Å². The van der Waals surface area contributed by atoms with Crippen molar-refractivity contribution in [2.24, 2.45) is 0 Å². The van der Waals surface area contributed by atoms with Crippen LogP contribution < -0.4 is 5.32 Å². The third-order valence-electron chi connectivity index (χ3n) is 3.72. The smallest absolute Gasteiger partial charge is 0.253 e. The van der Waals surface area contributed by atoms with Crippen molar-refractivity contribution in [1.29, 1.82) is 0 Å². The molecule has 5 nitrogen and oxygen atoms in total. The zero-order valence-electron chi connectivity index (χ0n) is 12.3. The molecule has 0 amide bonds. The molecule has 0 heterocycles. The number of nitrogens with zero attached hydrogens (tertiary/aromatic N) is 1. The van der Waals surface area contributed by atoms with Crippen molar-refractivity contribution in [3.8, 4) is 0 Å². The molecule has 0 spiro atoms. The minimum Gasteiger partial charge on any atom is -0.505 e. The Balaban J connectivity index is 2.19. The number of rotatable bonds is 6. The van der Waals surface area contributed by atoms with Crippen molar-refractivity contribution in [3.63, 3.8) is 0 Å². The van der Waals surface area contributed by atoms with Crippen LogP contribution in [0.2, 0.25) is 0 Å². The van der Waals surface area contributed by atoms with Gasteiger partial charge in [0, 0.05) is 24.2 Å². The Hall–Kier alpha value is -2.14. The molecule has 1 aromatic carbocycles. The Labute approximate surface area is 124 Å². The summed E-state index contributed by atoms with van der Waals surface area (Å²) in [5, 5.41) is 13.1. The van der Waals surface area contributed by atoms with Gasteiger partial charge in [0.2, 0.25) is 5.78 Å². The normalized spacial score (nSPS) is 14.6. The van der Waals surface area contributed by atoms with Gasteiger partial charge in [0.15, 0.2) is 5.76 Å². The van der Waals surface area contributed by atoms with Crippen LogP contribution in [-0.4, -0.2) is 47.8 Å².